The number of nitrogens with one attached hydrogen (secondary N) is 2. The van der Waals surface area contributed by atoms with Gasteiger partial charge in [-0.05, 0) is 25.7 Å². The lowest BCUT2D eigenvalue weighted by Crippen LogP contribution is -2.41. The van der Waals surface area contributed by atoms with Gasteiger partial charge >= 0.3 is 5.97 Å². The summed E-state index contributed by atoms with van der Waals surface area (Å²) in [6.07, 6.45) is 5.29. The molecule has 0 aromatic carbocycles. The molecular weight excluding hydrogens is 260 g/mol. The molecule has 20 heavy (non-hydrogen) atoms. The second-order valence-corrected chi connectivity index (χ2v) is 5.72. The van der Waals surface area contributed by atoms with Crippen LogP contribution in [0.15, 0.2) is 0 Å². The predicted octanol–water partition coefficient (Wildman–Crippen LogP) is 0.662. The highest BCUT2D eigenvalue weighted by Crippen LogP contribution is 2.30. The van der Waals surface area contributed by atoms with Crippen LogP contribution in [0.2, 0.25) is 0 Å². The number of hydrogen-bond donors (Lipinski definition) is 3. The number of hydrogen-bond acceptors (Lipinski definition) is 3. The predicted molar refractivity (Wildman–Crippen MR) is 71.9 cm³/mol. The Morgan fingerprint density at radius 1 is 1.00 bits per heavy atom. The largest absolute Gasteiger partial charge is 0.481 e. The van der Waals surface area contributed by atoms with Crippen molar-refractivity contribution in [3.05, 3.63) is 0 Å². The van der Waals surface area contributed by atoms with Crippen LogP contribution >= 0.6 is 0 Å². The van der Waals surface area contributed by atoms with Gasteiger partial charge < -0.3 is 15.7 Å². The molecule has 2 saturated carbocycles. The molecule has 2 atom stereocenters. The van der Waals surface area contributed by atoms with Gasteiger partial charge in [-0.1, -0.05) is 12.8 Å². The van der Waals surface area contributed by atoms with Crippen LogP contribution in [0.4, 0.5) is 0 Å². The normalized spacial score (nSPS) is 25.8. The fourth-order valence-electron chi connectivity index (χ4n) is 2.70. The minimum Gasteiger partial charge on any atom is -0.481 e. The molecule has 6 heteroatoms. The molecule has 0 bridgehead atoms. The maximum Gasteiger partial charge on any atom is 0.307 e. The summed E-state index contributed by atoms with van der Waals surface area (Å²) in [4.78, 5) is 34.6. The van der Waals surface area contributed by atoms with Crippen LogP contribution < -0.4 is 10.6 Å². The molecule has 0 aromatic heterocycles. The van der Waals surface area contributed by atoms with Gasteiger partial charge in [0.1, 0.15) is 0 Å². The first kappa shape index (κ1) is 14.8. The van der Waals surface area contributed by atoms with Crippen molar-refractivity contribution in [2.45, 2.75) is 51.0 Å². The van der Waals surface area contributed by atoms with Crippen LogP contribution in [0.3, 0.4) is 0 Å². The van der Waals surface area contributed by atoms with E-state index in [0.717, 1.165) is 25.7 Å². The smallest absolute Gasteiger partial charge is 0.307 e. The Hall–Kier alpha value is -1.59. The fraction of sp³-hybridized carbons (Fsp3) is 0.786. The lowest BCUT2D eigenvalue weighted by Gasteiger charge is -2.27. The molecule has 0 heterocycles. The van der Waals surface area contributed by atoms with Crippen molar-refractivity contribution in [2.75, 3.05) is 6.54 Å². The molecule has 2 fully saturated rings. The summed E-state index contributed by atoms with van der Waals surface area (Å²) >= 11 is 0. The average molecular weight is 282 g/mol. The van der Waals surface area contributed by atoms with E-state index in [1.165, 1.54) is 0 Å². The molecule has 2 aliphatic carbocycles. The molecular formula is C14H22N2O4. The zero-order valence-electron chi connectivity index (χ0n) is 11.6. The van der Waals surface area contributed by atoms with Crippen LogP contribution in [-0.2, 0) is 14.4 Å². The van der Waals surface area contributed by atoms with Crippen LogP contribution in [-0.4, -0.2) is 35.5 Å². The van der Waals surface area contributed by atoms with E-state index < -0.39 is 17.8 Å². The number of rotatable bonds is 6. The van der Waals surface area contributed by atoms with E-state index in [1.54, 1.807) is 0 Å². The molecule has 0 aliphatic heterocycles. The van der Waals surface area contributed by atoms with Crippen molar-refractivity contribution in [1.29, 1.82) is 0 Å². The van der Waals surface area contributed by atoms with Crippen molar-refractivity contribution >= 4 is 17.8 Å². The Morgan fingerprint density at radius 2 is 1.65 bits per heavy atom. The Balaban J connectivity index is 1.72. The van der Waals surface area contributed by atoms with Crippen molar-refractivity contribution in [3.63, 3.8) is 0 Å². The molecule has 0 saturated heterocycles. The second kappa shape index (κ2) is 6.72. The van der Waals surface area contributed by atoms with Gasteiger partial charge in [-0.25, -0.2) is 0 Å². The standard InChI is InChI=1S/C14H22N2O4/c17-12(16-9-5-6-9)7-8-15-13(18)10-3-1-2-4-11(10)14(19)20/h9-11H,1-8H2,(H,15,18)(H,16,17)(H,19,20)/t10-,11+/m1/s1. The Morgan fingerprint density at radius 3 is 2.25 bits per heavy atom. The molecule has 0 unspecified atom stereocenters. The van der Waals surface area contributed by atoms with Crippen molar-refractivity contribution in [2.24, 2.45) is 11.8 Å². The van der Waals surface area contributed by atoms with E-state index in [9.17, 15) is 14.4 Å². The maximum atomic E-state index is 12.0. The summed E-state index contributed by atoms with van der Waals surface area (Å²) in [5.41, 5.74) is 0. The topological polar surface area (TPSA) is 95.5 Å². The van der Waals surface area contributed by atoms with Gasteiger partial charge in [-0.2, -0.15) is 0 Å². The molecule has 0 spiro atoms. The number of carbonyl (C=O) groups is 3. The van der Waals surface area contributed by atoms with Gasteiger partial charge in [0.2, 0.25) is 11.8 Å². The minimum atomic E-state index is -0.892. The number of carboxylic acid groups (broad SMARTS) is 1. The minimum absolute atomic E-state index is 0.0498. The van der Waals surface area contributed by atoms with E-state index >= 15 is 0 Å². The average Bonchev–Trinajstić information content (AvgIpc) is 3.22. The molecule has 2 rings (SSSR count). The van der Waals surface area contributed by atoms with E-state index in [4.69, 9.17) is 5.11 Å². The molecule has 6 nitrogen and oxygen atoms in total. The third-order valence-electron chi connectivity index (χ3n) is 4.01. The van der Waals surface area contributed by atoms with E-state index in [1.807, 2.05) is 0 Å². The summed E-state index contributed by atoms with van der Waals surface area (Å²) < 4.78 is 0. The van der Waals surface area contributed by atoms with Crippen LogP contribution in [0.25, 0.3) is 0 Å². The lowest BCUT2D eigenvalue weighted by molar-refractivity contribution is -0.149. The van der Waals surface area contributed by atoms with E-state index in [2.05, 4.69) is 10.6 Å². The third-order valence-corrected chi connectivity index (χ3v) is 4.01. The first-order valence-electron chi connectivity index (χ1n) is 7.38. The van der Waals surface area contributed by atoms with Gasteiger partial charge in [0.15, 0.2) is 0 Å². The first-order valence-corrected chi connectivity index (χ1v) is 7.38. The summed E-state index contributed by atoms with van der Waals surface area (Å²) in [5, 5.41) is 14.7. The summed E-state index contributed by atoms with van der Waals surface area (Å²) in [5.74, 6) is -2.20. The number of carboxylic acids is 1. The quantitative estimate of drug-likeness (QED) is 0.667. The van der Waals surface area contributed by atoms with E-state index in [0.29, 0.717) is 18.9 Å². The monoisotopic (exact) mass is 282 g/mol. The van der Waals surface area contributed by atoms with Crippen LogP contribution in [0, 0.1) is 11.8 Å². The molecule has 0 aromatic rings. The highest BCUT2D eigenvalue weighted by atomic mass is 16.4. The number of aliphatic carboxylic acids is 1. The van der Waals surface area contributed by atoms with Crippen LogP contribution in [0.1, 0.15) is 44.9 Å². The Bertz CT molecular complexity index is 393. The Kier molecular flexibility index (Phi) is 4.98. The fourth-order valence-corrected chi connectivity index (χ4v) is 2.70. The zero-order chi connectivity index (χ0) is 14.5. The number of carbonyl (C=O) groups excluding carboxylic acids is 2. The zero-order valence-corrected chi connectivity index (χ0v) is 11.6. The van der Waals surface area contributed by atoms with Gasteiger partial charge in [0, 0.05) is 19.0 Å². The van der Waals surface area contributed by atoms with Gasteiger partial charge in [0.05, 0.1) is 11.8 Å². The highest BCUT2D eigenvalue weighted by molar-refractivity contribution is 5.85. The van der Waals surface area contributed by atoms with Crippen molar-refractivity contribution in [3.8, 4) is 0 Å². The SMILES string of the molecule is O=C(CCNC(=O)[C@@H]1CCCC[C@@H]1C(=O)O)NC1CC1. The highest BCUT2D eigenvalue weighted by Gasteiger charge is 2.35. The van der Waals surface area contributed by atoms with Gasteiger partial charge in [-0.15, -0.1) is 0 Å². The molecule has 3 N–H and O–H groups in total. The summed E-state index contributed by atoms with van der Waals surface area (Å²) in [6.45, 7) is 0.278. The van der Waals surface area contributed by atoms with Gasteiger partial charge in [0.25, 0.3) is 0 Å². The van der Waals surface area contributed by atoms with Crippen LogP contribution in [0.5, 0.6) is 0 Å². The van der Waals surface area contributed by atoms with Gasteiger partial charge in [-0.3, -0.25) is 14.4 Å². The lowest BCUT2D eigenvalue weighted by atomic mass is 9.78. The molecule has 0 radical (unpaired) electrons. The molecule has 2 aliphatic rings. The second-order valence-electron chi connectivity index (χ2n) is 5.72. The Labute approximate surface area is 118 Å². The first-order chi connectivity index (χ1) is 9.58. The summed E-state index contributed by atoms with van der Waals surface area (Å²) in [7, 11) is 0. The number of amides is 2. The van der Waals surface area contributed by atoms with Crippen molar-refractivity contribution in [1.82, 2.24) is 10.6 Å². The van der Waals surface area contributed by atoms with Crippen molar-refractivity contribution < 1.29 is 19.5 Å². The third kappa shape index (κ3) is 4.21. The van der Waals surface area contributed by atoms with E-state index in [-0.39, 0.29) is 24.8 Å². The molecule has 2 amide bonds. The maximum absolute atomic E-state index is 12.0. The molecule has 112 valence electrons. The summed E-state index contributed by atoms with van der Waals surface area (Å²) in [6, 6.07) is 0.327.